The summed E-state index contributed by atoms with van der Waals surface area (Å²) in [6.45, 7) is 0. The first-order valence-electron chi connectivity index (χ1n) is 5.68. The maximum atomic E-state index is 6.56. The molecular weight excluding hydrogens is 214 g/mol. The number of thiophene rings is 1. The first-order chi connectivity index (χ1) is 7.78. The second-order valence-electron chi connectivity index (χ2n) is 4.57. The van der Waals surface area contributed by atoms with Gasteiger partial charge in [-0.15, -0.1) is 11.3 Å². The van der Waals surface area contributed by atoms with E-state index in [1.54, 1.807) is 0 Å². The van der Waals surface area contributed by atoms with Crippen molar-refractivity contribution in [2.75, 3.05) is 0 Å². The van der Waals surface area contributed by atoms with Gasteiger partial charge in [0.1, 0.15) is 0 Å². The SMILES string of the molecule is NC1(c2ccccc2)CCc2ccsc2C1. The molecule has 1 aliphatic carbocycles. The molecule has 1 nitrogen and oxygen atoms in total. The molecule has 0 fully saturated rings. The van der Waals surface area contributed by atoms with E-state index >= 15 is 0 Å². The number of hydrogen-bond acceptors (Lipinski definition) is 2. The van der Waals surface area contributed by atoms with E-state index in [2.05, 4.69) is 35.7 Å². The van der Waals surface area contributed by atoms with Gasteiger partial charge in [0, 0.05) is 16.8 Å². The van der Waals surface area contributed by atoms with Gasteiger partial charge in [0.25, 0.3) is 0 Å². The van der Waals surface area contributed by atoms with Crippen LogP contribution in [0.15, 0.2) is 41.8 Å². The Bertz CT molecular complexity index is 488. The van der Waals surface area contributed by atoms with E-state index in [1.807, 2.05) is 17.4 Å². The summed E-state index contributed by atoms with van der Waals surface area (Å²) in [5, 5.41) is 2.18. The van der Waals surface area contributed by atoms with Crippen molar-refractivity contribution < 1.29 is 0 Å². The number of hydrogen-bond donors (Lipinski definition) is 1. The summed E-state index contributed by atoms with van der Waals surface area (Å²) in [6.07, 6.45) is 3.16. The summed E-state index contributed by atoms with van der Waals surface area (Å²) in [7, 11) is 0. The fraction of sp³-hybridized carbons (Fsp3) is 0.286. The highest BCUT2D eigenvalue weighted by atomic mass is 32.1. The molecule has 2 heteroatoms. The van der Waals surface area contributed by atoms with Crippen LogP contribution < -0.4 is 5.73 Å². The molecule has 16 heavy (non-hydrogen) atoms. The second kappa shape index (κ2) is 3.72. The van der Waals surface area contributed by atoms with Crippen LogP contribution in [-0.2, 0) is 18.4 Å². The van der Waals surface area contributed by atoms with Crippen LogP contribution in [-0.4, -0.2) is 0 Å². The van der Waals surface area contributed by atoms with Gasteiger partial charge in [0.15, 0.2) is 0 Å². The first-order valence-corrected chi connectivity index (χ1v) is 6.56. The largest absolute Gasteiger partial charge is 0.321 e. The summed E-state index contributed by atoms with van der Waals surface area (Å²) < 4.78 is 0. The minimum atomic E-state index is -0.154. The van der Waals surface area contributed by atoms with Crippen LogP contribution in [0.5, 0.6) is 0 Å². The Hall–Kier alpha value is -1.12. The van der Waals surface area contributed by atoms with Crippen LogP contribution in [0.25, 0.3) is 0 Å². The maximum absolute atomic E-state index is 6.56. The molecule has 3 rings (SSSR count). The topological polar surface area (TPSA) is 26.0 Å². The van der Waals surface area contributed by atoms with E-state index < -0.39 is 0 Å². The lowest BCUT2D eigenvalue weighted by Crippen LogP contribution is -2.41. The summed E-state index contributed by atoms with van der Waals surface area (Å²) in [5.74, 6) is 0. The smallest absolute Gasteiger partial charge is 0.0461 e. The summed E-state index contributed by atoms with van der Waals surface area (Å²) in [4.78, 5) is 1.47. The van der Waals surface area contributed by atoms with Gasteiger partial charge in [-0.1, -0.05) is 30.3 Å². The lowest BCUT2D eigenvalue weighted by atomic mass is 9.78. The van der Waals surface area contributed by atoms with Gasteiger partial charge in [-0.2, -0.15) is 0 Å². The molecule has 1 aliphatic rings. The Morgan fingerprint density at radius 1 is 1.12 bits per heavy atom. The van der Waals surface area contributed by atoms with Crippen LogP contribution in [0, 0.1) is 0 Å². The van der Waals surface area contributed by atoms with Crippen LogP contribution in [0.2, 0.25) is 0 Å². The van der Waals surface area contributed by atoms with Crippen molar-refractivity contribution in [1.82, 2.24) is 0 Å². The van der Waals surface area contributed by atoms with Crippen molar-refractivity contribution in [3.8, 4) is 0 Å². The number of benzene rings is 1. The molecule has 0 bridgehead atoms. The van der Waals surface area contributed by atoms with Crippen LogP contribution in [0.1, 0.15) is 22.4 Å². The Morgan fingerprint density at radius 2 is 1.94 bits per heavy atom. The van der Waals surface area contributed by atoms with Gasteiger partial charge in [0.2, 0.25) is 0 Å². The number of aryl methyl sites for hydroxylation is 1. The molecule has 0 radical (unpaired) electrons. The van der Waals surface area contributed by atoms with Crippen LogP contribution in [0.4, 0.5) is 0 Å². The first kappa shape index (κ1) is 10.1. The van der Waals surface area contributed by atoms with E-state index in [-0.39, 0.29) is 5.54 Å². The normalized spacial score (nSPS) is 24.1. The highest BCUT2D eigenvalue weighted by molar-refractivity contribution is 7.10. The predicted octanol–water partition coefficient (Wildman–Crippen LogP) is 3.09. The molecule has 0 saturated heterocycles. The van der Waals surface area contributed by atoms with Gasteiger partial charge in [-0.05, 0) is 35.4 Å². The zero-order valence-electron chi connectivity index (χ0n) is 9.15. The average molecular weight is 229 g/mol. The quantitative estimate of drug-likeness (QED) is 0.799. The predicted molar refractivity (Wildman–Crippen MR) is 68.7 cm³/mol. The molecule has 0 amide bonds. The molecule has 2 aromatic rings. The maximum Gasteiger partial charge on any atom is 0.0461 e. The van der Waals surface area contributed by atoms with Gasteiger partial charge in [-0.3, -0.25) is 0 Å². The van der Waals surface area contributed by atoms with Crippen molar-refractivity contribution >= 4 is 11.3 Å². The molecule has 2 N–H and O–H groups in total. The third kappa shape index (κ3) is 1.58. The van der Waals surface area contributed by atoms with Gasteiger partial charge < -0.3 is 5.73 Å². The minimum absolute atomic E-state index is 0.154. The summed E-state index contributed by atoms with van der Waals surface area (Å²) in [5.41, 5.74) is 9.18. The molecule has 0 saturated carbocycles. The van der Waals surface area contributed by atoms with Gasteiger partial charge in [-0.25, -0.2) is 0 Å². The van der Waals surface area contributed by atoms with Crippen molar-refractivity contribution in [2.45, 2.75) is 24.8 Å². The van der Waals surface area contributed by atoms with Crippen molar-refractivity contribution in [1.29, 1.82) is 0 Å². The molecule has 0 aliphatic heterocycles. The molecule has 1 aromatic heterocycles. The summed E-state index contributed by atoms with van der Waals surface area (Å²) >= 11 is 1.84. The fourth-order valence-electron chi connectivity index (χ4n) is 2.49. The third-order valence-electron chi connectivity index (χ3n) is 3.50. The lowest BCUT2D eigenvalue weighted by molar-refractivity contribution is 0.389. The molecule has 0 spiro atoms. The molecule has 1 atom stereocenters. The molecule has 1 aromatic carbocycles. The Labute approximate surface area is 99.9 Å². The molecule has 1 heterocycles. The highest BCUT2D eigenvalue weighted by Crippen LogP contribution is 2.36. The zero-order chi connectivity index (χ0) is 11.0. The fourth-order valence-corrected chi connectivity index (χ4v) is 3.55. The van der Waals surface area contributed by atoms with E-state index in [0.29, 0.717) is 0 Å². The summed E-state index contributed by atoms with van der Waals surface area (Å²) in [6, 6.07) is 12.7. The van der Waals surface area contributed by atoms with Crippen LogP contribution in [0.3, 0.4) is 0 Å². The zero-order valence-corrected chi connectivity index (χ0v) is 9.96. The second-order valence-corrected chi connectivity index (χ2v) is 5.57. The van der Waals surface area contributed by atoms with Crippen LogP contribution >= 0.6 is 11.3 Å². The van der Waals surface area contributed by atoms with Gasteiger partial charge >= 0.3 is 0 Å². The van der Waals surface area contributed by atoms with E-state index in [1.165, 1.54) is 16.0 Å². The van der Waals surface area contributed by atoms with Gasteiger partial charge in [0.05, 0.1) is 0 Å². The van der Waals surface area contributed by atoms with E-state index in [9.17, 15) is 0 Å². The standard InChI is InChI=1S/C14H15NS/c15-14(12-4-2-1-3-5-12)8-6-11-7-9-16-13(11)10-14/h1-5,7,9H,6,8,10,15H2. The molecule has 82 valence electrons. The monoisotopic (exact) mass is 229 g/mol. The molecular formula is C14H15NS. The highest BCUT2D eigenvalue weighted by Gasteiger charge is 2.32. The lowest BCUT2D eigenvalue weighted by Gasteiger charge is -2.33. The Balaban J connectivity index is 1.98. The number of rotatable bonds is 1. The minimum Gasteiger partial charge on any atom is -0.321 e. The third-order valence-corrected chi connectivity index (χ3v) is 4.47. The molecule has 1 unspecified atom stereocenters. The van der Waals surface area contributed by atoms with E-state index in [4.69, 9.17) is 5.73 Å². The van der Waals surface area contributed by atoms with E-state index in [0.717, 1.165) is 19.3 Å². The Kier molecular flexibility index (Phi) is 2.34. The number of fused-ring (bicyclic) bond motifs is 1. The Morgan fingerprint density at radius 3 is 2.75 bits per heavy atom. The average Bonchev–Trinajstić information content (AvgIpc) is 2.77. The number of nitrogens with two attached hydrogens (primary N) is 1. The van der Waals surface area contributed by atoms with Crippen molar-refractivity contribution in [3.63, 3.8) is 0 Å². The van der Waals surface area contributed by atoms with Crippen molar-refractivity contribution in [3.05, 3.63) is 57.8 Å². The van der Waals surface area contributed by atoms with Crippen molar-refractivity contribution in [2.24, 2.45) is 5.73 Å².